The minimum absolute atomic E-state index is 0.0443. The van der Waals surface area contributed by atoms with Crippen LogP contribution in [0.15, 0.2) is 84.9 Å². The summed E-state index contributed by atoms with van der Waals surface area (Å²) in [6, 6.07) is 28.1. The predicted octanol–water partition coefficient (Wildman–Crippen LogP) is 6.21. The summed E-state index contributed by atoms with van der Waals surface area (Å²) in [6.07, 6.45) is 2.62. The number of hydrogen-bond acceptors (Lipinski definition) is 1. The van der Waals surface area contributed by atoms with Crippen molar-refractivity contribution in [3.05, 3.63) is 107 Å². The molecule has 0 aliphatic heterocycles. The predicted molar refractivity (Wildman–Crippen MR) is 127 cm³/mol. The van der Waals surface area contributed by atoms with Gasteiger partial charge in [0.15, 0.2) is 0 Å². The summed E-state index contributed by atoms with van der Waals surface area (Å²) in [4.78, 5) is 16.6. The van der Waals surface area contributed by atoms with E-state index in [1.54, 1.807) is 0 Å². The van der Waals surface area contributed by atoms with Crippen molar-refractivity contribution in [3.63, 3.8) is 0 Å². The lowest BCUT2D eigenvalue weighted by atomic mass is 9.98. The summed E-state index contributed by atoms with van der Waals surface area (Å²) in [6.45, 7) is 0. The molecular formula is C26H25BrN2O. The third kappa shape index (κ3) is 4.65. The van der Waals surface area contributed by atoms with Gasteiger partial charge in [-0.25, -0.2) is 0 Å². The zero-order valence-corrected chi connectivity index (χ0v) is 18.4. The van der Waals surface area contributed by atoms with E-state index in [0.29, 0.717) is 5.56 Å². The number of aromatic amines is 1. The number of halogens is 1. The molecule has 0 spiro atoms. The summed E-state index contributed by atoms with van der Waals surface area (Å²) in [5, 5.41) is 5.40. The summed E-state index contributed by atoms with van der Waals surface area (Å²) >= 11 is 3.60. The van der Waals surface area contributed by atoms with Gasteiger partial charge < -0.3 is 10.3 Å². The molecule has 1 unspecified atom stereocenters. The number of carbonyl (C=O) groups is 1. The molecule has 4 aromatic rings. The zero-order valence-electron chi connectivity index (χ0n) is 16.8. The standard InChI is InChI=1S/C26H25BrN2O/c27-18-17-22-21-13-7-8-14-23(21)28-25(22)24(16-15-19-9-3-1-4-10-19)29-26(30)20-11-5-2-6-12-20/h1-14,24,28H,15-18H2,(H,29,30). The molecule has 2 N–H and O–H groups in total. The lowest BCUT2D eigenvalue weighted by Gasteiger charge is -2.20. The Morgan fingerprint density at radius 1 is 0.867 bits per heavy atom. The monoisotopic (exact) mass is 460 g/mol. The Labute approximate surface area is 185 Å². The molecule has 30 heavy (non-hydrogen) atoms. The number of benzene rings is 3. The largest absolute Gasteiger partial charge is 0.356 e. The van der Waals surface area contributed by atoms with Gasteiger partial charge in [0.1, 0.15) is 0 Å². The van der Waals surface area contributed by atoms with E-state index in [9.17, 15) is 4.79 Å². The Morgan fingerprint density at radius 2 is 1.53 bits per heavy atom. The van der Waals surface area contributed by atoms with Crippen LogP contribution in [0.5, 0.6) is 0 Å². The number of fused-ring (bicyclic) bond motifs is 1. The Kier molecular flexibility index (Phi) is 6.65. The molecule has 1 aromatic heterocycles. The first kappa shape index (κ1) is 20.4. The molecular weight excluding hydrogens is 436 g/mol. The molecule has 3 nitrogen and oxygen atoms in total. The maximum atomic E-state index is 13.0. The van der Waals surface area contributed by atoms with Gasteiger partial charge in [0.2, 0.25) is 0 Å². The fourth-order valence-corrected chi connectivity index (χ4v) is 4.35. The Morgan fingerprint density at radius 3 is 2.27 bits per heavy atom. The third-order valence-corrected chi connectivity index (χ3v) is 5.84. The van der Waals surface area contributed by atoms with Gasteiger partial charge in [0.05, 0.1) is 6.04 Å². The van der Waals surface area contributed by atoms with E-state index in [0.717, 1.165) is 35.8 Å². The third-order valence-electron chi connectivity index (χ3n) is 5.45. The van der Waals surface area contributed by atoms with E-state index in [-0.39, 0.29) is 11.9 Å². The molecule has 4 rings (SSSR count). The molecule has 4 heteroatoms. The minimum Gasteiger partial charge on any atom is -0.356 e. The SMILES string of the molecule is O=C(NC(CCc1ccccc1)c1[nH]c2ccccc2c1CCBr)c1ccccc1. The normalized spacial score (nSPS) is 12.0. The fraction of sp³-hybridized carbons (Fsp3) is 0.192. The average molecular weight is 461 g/mol. The van der Waals surface area contributed by atoms with E-state index in [4.69, 9.17) is 0 Å². The van der Waals surface area contributed by atoms with Crippen molar-refractivity contribution < 1.29 is 4.79 Å². The van der Waals surface area contributed by atoms with Crippen LogP contribution in [0.1, 0.15) is 39.6 Å². The van der Waals surface area contributed by atoms with Crippen LogP contribution in [-0.2, 0) is 12.8 Å². The lowest BCUT2D eigenvalue weighted by Crippen LogP contribution is -2.30. The van der Waals surface area contributed by atoms with Crippen molar-refractivity contribution in [2.75, 3.05) is 5.33 Å². The first-order valence-corrected chi connectivity index (χ1v) is 11.4. The number of aryl methyl sites for hydroxylation is 2. The Hall–Kier alpha value is -2.85. The fourth-order valence-electron chi connectivity index (χ4n) is 3.96. The van der Waals surface area contributed by atoms with Crippen molar-refractivity contribution in [2.45, 2.75) is 25.3 Å². The molecule has 1 amide bonds. The number of amides is 1. The van der Waals surface area contributed by atoms with E-state index >= 15 is 0 Å². The van der Waals surface area contributed by atoms with Crippen molar-refractivity contribution in [1.29, 1.82) is 0 Å². The number of hydrogen-bond donors (Lipinski definition) is 2. The second-order valence-corrected chi connectivity index (χ2v) is 8.21. The number of alkyl halides is 1. The highest BCUT2D eigenvalue weighted by Gasteiger charge is 2.22. The van der Waals surface area contributed by atoms with E-state index in [1.807, 2.05) is 42.5 Å². The smallest absolute Gasteiger partial charge is 0.251 e. The molecule has 3 aromatic carbocycles. The van der Waals surface area contributed by atoms with Crippen LogP contribution in [-0.4, -0.2) is 16.2 Å². The molecule has 0 bridgehead atoms. The Balaban J connectivity index is 1.68. The quantitative estimate of drug-likeness (QED) is 0.301. The first-order chi connectivity index (χ1) is 14.8. The van der Waals surface area contributed by atoms with E-state index in [1.165, 1.54) is 16.5 Å². The topological polar surface area (TPSA) is 44.9 Å². The van der Waals surface area contributed by atoms with Gasteiger partial charge in [0, 0.05) is 27.5 Å². The lowest BCUT2D eigenvalue weighted by molar-refractivity contribution is 0.0933. The van der Waals surface area contributed by atoms with Crippen LogP contribution in [0.2, 0.25) is 0 Å². The van der Waals surface area contributed by atoms with E-state index in [2.05, 4.69) is 68.7 Å². The van der Waals surface area contributed by atoms with Crippen molar-refractivity contribution in [3.8, 4) is 0 Å². The second kappa shape index (κ2) is 9.77. The number of nitrogens with one attached hydrogen (secondary N) is 2. The molecule has 0 radical (unpaired) electrons. The number of H-pyrrole nitrogens is 1. The maximum Gasteiger partial charge on any atom is 0.251 e. The van der Waals surface area contributed by atoms with Gasteiger partial charge in [0.25, 0.3) is 5.91 Å². The molecule has 1 heterocycles. The molecule has 0 aliphatic rings. The number of para-hydroxylation sites is 1. The van der Waals surface area contributed by atoms with Crippen molar-refractivity contribution in [2.24, 2.45) is 0 Å². The second-order valence-electron chi connectivity index (χ2n) is 7.42. The van der Waals surface area contributed by atoms with Gasteiger partial charge in [-0.3, -0.25) is 4.79 Å². The highest BCUT2D eigenvalue weighted by molar-refractivity contribution is 9.09. The average Bonchev–Trinajstić information content (AvgIpc) is 3.16. The molecule has 0 saturated carbocycles. The van der Waals surface area contributed by atoms with Gasteiger partial charge in [-0.1, -0.05) is 82.7 Å². The minimum atomic E-state index is -0.0978. The summed E-state index contributed by atoms with van der Waals surface area (Å²) in [5.74, 6) is -0.0443. The van der Waals surface area contributed by atoms with Crippen LogP contribution in [0.3, 0.4) is 0 Å². The van der Waals surface area contributed by atoms with Crippen LogP contribution in [0.25, 0.3) is 10.9 Å². The number of carbonyl (C=O) groups excluding carboxylic acids is 1. The summed E-state index contributed by atoms with van der Waals surface area (Å²) in [7, 11) is 0. The highest BCUT2D eigenvalue weighted by atomic mass is 79.9. The van der Waals surface area contributed by atoms with Crippen LogP contribution >= 0.6 is 15.9 Å². The maximum absolute atomic E-state index is 13.0. The molecule has 0 aliphatic carbocycles. The summed E-state index contributed by atoms with van der Waals surface area (Å²) < 4.78 is 0. The number of rotatable bonds is 8. The number of aromatic nitrogens is 1. The van der Waals surface area contributed by atoms with Crippen molar-refractivity contribution >= 4 is 32.7 Å². The zero-order chi connectivity index (χ0) is 20.8. The van der Waals surface area contributed by atoms with Crippen LogP contribution < -0.4 is 5.32 Å². The molecule has 152 valence electrons. The van der Waals surface area contributed by atoms with Gasteiger partial charge >= 0.3 is 0 Å². The first-order valence-electron chi connectivity index (χ1n) is 10.3. The van der Waals surface area contributed by atoms with Gasteiger partial charge in [-0.15, -0.1) is 0 Å². The van der Waals surface area contributed by atoms with Crippen LogP contribution in [0, 0.1) is 0 Å². The van der Waals surface area contributed by atoms with Gasteiger partial charge in [-0.2, -0.15) is 0 Å². The van der Waals surface area contributed by atoms with Crippen LogP contribution in [0.4, 0.5) is 0 Å². The molecule has 1 atom stereocenters. The summed E-state index contributed by atoms with van der Waals surface area (Å²) in [5.41, 5.74) is 5.45. The van der Waals surface area contributed by atoms with E-state index < -0.39 is 0 Å². The Bertz CT molecular complexity index is 1110. The highest BCUT2D eigenvalue weighted by Crippen LogP contribution is 2.30. The van der Waals surface area contributed by atoms with Gasteiger partial charge in [-0.05, 0) is 48.6 Å². The molecule has 0 fully saturated rings. The van der Waals surface area contributed by atoms with Crippen molar-refractivity contribution in [1.82, 2.24) is 10.3 Å². The molecule has 0 saturated heterocycles.